The second kappa shape index (κ2) is 3.94. The van der Waals surface area contributed by atoms with Crippen molar-refractivity contribution in [1.82, 2.24) is 0 Å². The fourth-order valence-corrected chi connectivity index (χ4v) is 1.70. The summed E-state index contributed by atoms with van der Waals surface area (Å²) in [7, 11) is -3.12. The van der Waals surface area contributed by atoms with E-state index in [2.05, 4.69) is 6.58 Å². The van der Waals surface area contributed by atoms with Gasteiger partial charge in [0, 0.05) is 12.3 Å². The van der Waals surface area contributed by atoms with Crippen LogP contribution in [0.5, 0.6) is 0 Å². The number of rotatable bonds is 3. The third kappa shape index (κ3) is 2.43. The maximum Gasteiger partial charge on any atom is 0.175 e. The Morgan fingerprint density at radius 1 is 1.36 bits per heavy atom. The Labute approximate surface area is 84.2 Å². The van der Waals surface area contributed by atoms with Crippen LogP contribution in [0.15, 0.2) is 41.8 Å². The predicted molar refractivity (Wildman–Crippen MR) is 56.7 cm³/mol. The van der Waals surface area contributed by atoms with Crippen molar-refractivity contribution in [3.63, 3.8) is 0 Å². The maximum atomic E-state index is 11.1. The van der Waals surface area contributed by atoms with Gasteiger partial charge < -0.3 is 5.73 Å². The van der Waals surface area contributed by atoms with Crippen molar-refractivity contribution in [2.24, 2.45) is 5.73 Å². The summed E-state index contributed by atoms with van der Waals surface area (Å²) in [4.78, 5) is 0.303. The molecule has 0 amide bonds. The molecule has 1 aromatic rings. The van der Waals surface area contributed by atoms with E-state index < -0.39 is 9.84 Å². The number of hydrogen-bond acceptors (Lipinski definition) is 3. The van der Waals surface area contributed by atoms with Gasteiger partial charge in [0.1, 0.15) is 0 Å². The van der Waals surface area contributed by atoms with Crippen LogP contribution in [0, 0.1) is 0 Å². The number of sulfone groups is 1. The van der Waals surface area contributed by atoms with Crippen LogP contribution in [0.4, 0.5) is 0 Å². The molecule has 1 atom stereocenters. The maximum absolute atomic E-state index is 11.1. The third-order valence-electron chi connectivity index (χ3n) is 1.95. The van der Waals surface area contributed by atoms with E-state index in [0.29, 0.717) is 4.90 Å². The molecule has 2 N–H and O–H groups in total. The summed E-state index contributed by atoms with van der Waals surface area (Å²) in [5, 5.41) is 0. The quantitative estimate of drug-likeness (QED) is 0.766. The molecule has 0 heterocycles. The van der Waals surface area contributed by atoms with Gasteiger partial charge in [-0.3, -0.25) is 0 Å². The van der Waals surface area contributed by atoms with Gasteiger partial charge in [0.25, 0.3) is 0 Å². The van der Waals surface area contributed by atoms with E-state index >= 15 is 0 Å². The molecule has 1 rings (SSSR count). The number of nitrogens with two attached hydrogens (primary N) is 1. The highest BCUT2D eigenvalue weighted by Gasteiger charge is 2.07. The largest absolute Gasteiger partial charge is 0.321 e. The van der Waals surface area contributed by atoms with Gasteiger partial charge in [0.2, 0.25) is 0 Å². The van der Waals surface area contributed by atoms with Crippen LogP contribution in [0.1, 0.15) is 11.6 Å². The Morgan fingerprint density at radius 2 is 1.86 bits per heavy atom. The zero-order chi connectivity index (χ0) is 10.8. The van der Waals surface area contributed by atoms with E-state index in [4.69, 9.17) is 5.73 Å². The number of hydrogen-bond donors (Lipinski definition) is 1. The second-order valence-corrected chi connectivity index (χ2v) is 5.12. The average Bonchev–Trinajstić information content (AvgIpc) is 2.15. The Bertz CT molecular complexity index is 420. The van der Waals surface area contributed by atoms with Gasteiger partial charge in [-0.05, 0) is 17.7 Å². The second-order valence-electron chi connectivity index (χ2n) is 3.10. The van der Waals surface area contributed by atoms with Gasteiger partial charge in [0.15, 0.2) is 9.84 Å². The van der Waals surface area contributed by atoms with Gasteiger partial charge >= 0.3 is 0 Å². The minimum atomic E-state index is -3.12. The minimum Gasteiger partial charge on any atom is -0.321 e. The Balaban J connectivity index is 3.07. The molecule has 1 aromatic carbocycles. The summed E-state index contributed by atoms with van der Waals surface area (Å²) in [5.41, 5.74) is 6.54. The summed E-state index contributed by atoms with van der Waals surface area (Å²) in [6.07, 6.45) is 2.78. The Hall–Kier alpha value is -1.13. The minimum absolute atomic E-state index is 0.247. The molecule has 0 unspecified atom stereocenters. The fourth-order valence-electron chi connectivity index (χ4n) is 1.07. The van der Waals surface area contributed by atoms with Gasteiger partial charge in [-0.25, -0.2) is 8.42 Å². The summed E-state index contributed by atoms with van der Waals surface area (Å²) < 4.78 is 22.3. The van der Waals surface area contributed by atoms with E-state index in [1.165, 1.54) is 6.26 Å². The zero-order valence-corrected chi connectivity index (χ0v) is 8.79. The SMILES string of the molecule is C=C[C@H](N)c1ccc(S(C)(=O)=O)cc1. The van der Waals surface area contributed by atoms with Crippen molar-refractivity contribution in [1.29, 1.82) is 0 Å². The normalized spacial score (nSPS) is 13.6. The Kier molecular flexibility index (Phi) is 3.08. The number of benzene rings is 1. The predicted octanol–water partition coefficient (Wildman–Crippen LogP) is 1.28. The Morgan fingerprint density at radius 3 is 2.21 bits per heavy atom. The van der Waals surface area contributed by atoms with Crippen LogP contribution in [0.2, 0.25) is 0 Å². The molecule has 0 aliphatic carbocycles. The molecular formula is C10H13NO2S. The summed E-state index contributed by atoms with van der Waals surface area (Å²) in [6, 6.07) is 6.25. The van der Waals surface area contributed by atoms with Crippen LogP contribution in [-0.2, 0) is 9.84 Å². The lowest BCUT2D eigenvalue weighted by molar-refractivity contribution is 0.602. The molecule has 3 nitrogen and oxygen atoms in total. The van der Waals surface area contributed by atoms with Crippen molar-refractivity contribution < 1.29 is 8.42 Å². The van der Waals surface area contributed by atoms with E-state index in [1.54, 1.807) is 30.3 Å². The highest BCUT2D eigenvalue weighted by atomic mass is 32.2. The lowest BCUT2D eigenvalue weighted by Gasteiger charge is -2.06. The highest BCUT2D eigenvalue weighted by molar-refractivity contribution is 7.90. The molecule has 0 spiro atoms. The van der Waals surface area contributed by atoms with E-state index in [0.717, 1.165) is 5.56 Å². The lowest BCUT2D eigenvalue weighted by atomic mass is 10.1. The molecule has 76 valence electrons. The van der Waals surface area contributed by atoms with Crippen molar-refractivity contribution in [2.75, 3.05) is 6.26 Å². The molecule has 0 bridgehead atoms. The molecule has 0 aliphatic rings. The van der Waals surface area contributed by atoms with E-state index in [1.807, 2.05) is 0 Å². The topological polar surface area (TPSA) is 60.2 Å². The molecule has 14 heavy (non-hydrogen) atoms. The molecule has 0 fully saturated rings. The van der Waals surface area contributed by atoms with Gasteiger partial charge in [-0.2, -0.15) is 0 Å². The fraction of sp³-hybridized carbons (Fsp3) is 0.200. The molecule has 0 aliphatic heterocycles. The summed E-state index contributed by atoms with van der Waals surface area (Å²) in [5.74, 6) is 0. The first-order valence-corrected chi connectivity index (χ1v) is 6.02. The monoisotopic (exact) mass is 211 g/mol. The standard InChI is InChI=1S/C10H13NO2S/c1-3-10(11)8-4-6-9(7-5-8)14(2,12)13/h3-7,10H,1,11H2,2H3/t10-/m0/s1. The first-order valence-electron chi connectivity index (χ1n) is 4.13. The summed E-state index contributed by atoms with van der Waals surface area (Å²) >= 11 is 0. The lowest BCUT2D eigenvalue weighted by Crippen LogP contribution is -2.06. The average molecular weight is 211 g/mol. The van der Waals surface area contributed by atoms with Gasteiger partial charge in [0.05, 0.1) is 4.90 Å². The van der Waals surface area contributed by atoms with Crippen LogP contribution in [0.3, 0.4) is 0 Å². The van der Waals surface area contributed by atoms with Crippen molar-refractivity contribution in [3.05, 3.63) is 42.5 Å². The third-order valence-corrected chi connectivity index (χ3v) is 3.08. The molecule has 0 saturated carbocycles. The van der Waals surface area contributed by atoms with Crippen LogP contribution < -0.4 is 5.73 Å². The van der Waals surface area contributed by atoms with E-state index in [9.17, 15) is 8.42 Å². The molecular weight excluding hydrogens is 198 g/mol. The summed E-state index contributed by atoms with van der Waals surface area (Å²) in [6.45, 7) is 3.56. The highest BCUT2D eigenvalue weighted by Crippen LogP contribution is 2.15. The van der Waals surface area contributed by atoms with Gasteiger partial charge in [-0.15, -0.1) is 6.58 Å². The first-order chi connectivity index (χ1) is 6.45. The smallest absolute Gasteiger partial charge is 0.175 e. The van der Waals surface area contributed by atoms with Crippen molar-refractivity contribution in [3.8, 4) is 0 Å². The zero-order valence-electron chi connectivity index (χ0n) is 7.97. The molecule has 0 saturated heterocycles. The van der Waals surface area contributed by atoms with Crippen molar-refractivity contribution in [2.45, 2.75) is 10.9 Å². The van der Waals surface area contributed by atoms with Gasteiger partial charge in [-0.1, -0.05) is 18.2 Å². The molecule has 0 aromatic heterocycles. The van der Waals surface area contributed by atoms with Crippen molar-refractivity contribution >= 4 is 9.84 Å². The molecule has 0 radical (unpaired) electrons. The van der Waals surface area contributed by atoms with Crippen LogP contribution >= 0.6 is 0 Å². The van der Waals surface area contributed by atoms with Crippen LogP contribution in [0.25, 0.3) is 0 Å². The first kappa shape index (κ1) is 10.9. The molecule has 4 heteroatoms. The van der Waals surface area contributed by atoms with E-state index in [-0.39, 0.29) is 6.04 Å². The van der Waals surface area contributed by atoms with Crippen LogP contribution in [-0.4, -0.2) is 14.7 Å².